The molecule has 0 aliphatic heterocycles. The molecule has 1 aliphatic carbocycles. The first kappa shape index (κ1) is 19.0. The Hall–Kier alpha value is -1.05. The summed E-state index contributed by atoms with van der Waals surface area (Å²) in [4.78, 5) is 4.32. The fraction of sp³-hybridized carbons (Fsp3) is 0.562. The molecule has 0 bridgehead atoms. The molecule has 1 atom stereocenters. The van der Waals surface area contributed by atoms with Crippen LogP contribution in [0.4, 0.5) is 4.39 Å². The van der Waals surface area contributed by atoms with E-state index in [4.69, 9.17) is 10.5 Å². The van der Waals surface area contributed by atoms with Gasteiger partial charge in [-0.3, -0.25) is 0 Å². The second-order valence-electron chi connectivity index (χ2n) is 5.59. The number of guanidine groups is 1. The topological polar surface area (TPSA) is 59.6 Å². The lowest BCUT2D eigenvalue weighted by Crippen LogP contribution is -2.41. The normalized spacial score (nSPS) is 17.5. The maximum atomic E-state index is 12.8. The first-order valence-electron chi connectivity index (χ1n) is 7.62. The number of aliphatic imine (C=N–C) groups is 1. The van der Waals surface area contributed by atoms with E-state index >= 15 is 0 Å². The van der Waals surface area contributed by atoms with E-state index in [1.807, 2.05) is 6.92 Å². The Morgan fingerprint density at radius 3 is 2.59 bits per heavy atom. The summed E-state index contributed by atoms with van der Waals surface area (Å²) in [6.45, 7) is 2.39. The number of hydrogen-bond acceptors (Lipinski definition) is 2. The molecular formula is C16H25FIN3O. The van der Waals surface area contributed by atoms with Gasteiger partial charge in [-0.2, -0.15) is 0 Å². The number of benzene rings is 1. The third-order valence-corrected chi connectivity index (χ3v) is 3.63. The average Bonchev–Trinajstić information content (AvgIpc) is 2.49. The van der Waals surface area contributed by atoms with Gasteiger partial charge >= 0.3 is 0 Å². The second-order valence-corrected chi connectivity index (χ2v) is 5.59. The summed E-state index contributed by atoms with van der Waals surface area (Å²) < 4.78 is 18.5. The van der Waals surface area contributed by atoms with E-state index in [-0.39, 0.29) is 35.9 Å². The monoisotopic (exact) mass is 421 g/mol. The van der Waals surface area contributed by atoms with Crippen LogP contribution in [0.2, 0.25) is 0 Å². The molecule has 0 aromatic heterocycles. The minimum atomic E-state index is -0.269. The Morgan fingerprint density at radius 2 is 1.95 bits per heavy atom. The molecule has 1 saturated carbocycles. The second kappa shape index (κ2) is 9.86. The Bertz CT molecular complexity index is 461. The zero-order chi connectivity index (χ0) is 15.1. The molecule has 0 radical (unpaired) electrons. The van der Waals surface area contributed by atoms with E-state index in [9.17, 15) is 4.39 Å². The molecule has 0 amide bonds. The number of nitrogens with one attached hydrogen (secondary N) is 1. The number of rotatable bonds is 5. The van der Waals surface area contributed by atoms with Crippen molar-refractivity contribution in [3.63, 3.8) is 0 Å². The van der Waals surface area contributed by atoms with Crippen LogP contribution >= 0.6 is 24.0 Å². The molecule has 6 heteroatoms. The zero-order valence-corrected chi connectivity index (χ0v) is 15.3. The van der Waals surface area contributed by atoms with Crippen molar-refractivity contribution in [2.75, 3.05) is 6.54 Å². The van der Waals surface area contributed by atoms with Gasteiger partial charge in [-0.15, -0.1) is 24.0 Å². The molecule has 3 N–H and O–H groups in total. The summed E-state index contributed by atoms with van der Waals surface area (Å²) >= 11 is 0. The van der Waals surface area contributed by atoms with Gasteiger partial charge in [0.2, 0.25) is 0 Å². The van der Waals surface area contributed by atoms with Gasteiger partial charge in [0.1, 0.15) is 17.7 Å². The van der Waals surface area contributed by atoms with Crippen molar-refractivity contribution < 1.29 is 9.13 Å². The summed E-state index contributed by atoms with van der Waals surface area (Å²) in [6.07, 6.45) is 6.06. The Morgan fingerprint density at radius 1 is 1.32 bits per heavy atom. The molecule has 1 aromatic rings. The van der Waals surface area contributed by atoms with Gasteiger partial charge in [-0.25, -0.2) is 9.38 Å². The molecule has 0 heterocycles. The molecule has 1 fully saturated rings. The van der Waals surface area contributed by atoms with Gasteiger partial charge in [0, 0.05) is 6.04 Å². The Balaban J connectivity index is 0.00000242. The van der Waals surface area contributed by atoms with Crippen molar-refractivity contribution >= 4 is 29.9 Å². The molecular weight excluding hydrogens is 396 g/mol. The van der Waals surface area contributed by atoms with Gasteiger partial charge < -0.3 is 15.8 Å². The van der Waals surface area contributed by atoms with Crippen LogP contribution in [-0.2, 0) is 0 Å². The van der Waals surface area contributed by atoms with Crippen molar-refractivity contribution in [3.05, 3.63) is 30.1 Å². The predicted molar refractivity (Wildman–Crippen MR) is 98.4 cm³/mol. The summed E-state index contributed by atoms with van der Waals surface area (Å²) in [5.41, 5.74) is 5.90. The Kier molecular flexibility index (Phi) is 8.52. The van der Waals surface area contributed by atoms with Crippen LogP contribution in [-0.4, -0.2) is 24.7 Å². The third-order valence-electron chi connectivity index (χ3n) is 3.63. The lowest BCUT2D eigenvalue weighted by Gasteiger charge is -2.23. The van der Waals surface area contributed by atoms with Gasteiger partial charge in [0.05, 0.1) is 6.54 Å². The van der Waals surface area contributed by atoms with Crippen molar-refractivity contribution in [1.29, 1.82) is 0 Å². The van der Waals surface area contributed by atoms with Crippen LogP contribution < -0.4 is 15.8 Å². The van der Waals surface area contributed by atoms with E-state index in [0.717, 1.165) is 12.8 Å². The van der Waals surface area contributed by atoms with E-state index < -0.39 is 0 Å². The van der Waals surface area contributed by atoms with Crippen LogP contribution in [0.1, 0.15) is 39.0 Å². The lowest BCUT2D eigenvalue weighted by molar-refractivity contribution is 0.230. The molecule has 1 unspecified atom stereocenters. The zero-order valence-electron chi connectivity index (χ0n) is 12.9. The SMILES string of the molecule is CC(CN=C(N)NC1CCCCC1)Oc1ccc(F)cc1.I. The van der Waals surface area contributed by atoms with Gasteiger partial charge in [-0.05, 0) is 44.0 Å². The largest absolute Gasteiger partial charge is 0.489 e. The molecule has 1 aliphatic rings. The van der Waals surface area contributed by atoms with Crippen LogP contribution in [0, 0.1) is 5.82 Å². The number of hydrogen-bond donors (Lipinski definition) is 2. The molecule has 0 spiro atoms. The highest BCUT2D eigenvalue weighted by molar-refractivity contribution is 14.0. The number of halogens is 2. The predicted octanol–water partition coefficient (Wildman–Crippen LogP) is 3.45. The van der Waals surface area contributed by atoms with Gasteiger partial charge in [0.15, 0.2) is 5.96 Å². The minimum Gasteiger partial charge on any atom is -0.489 e. The third kappa shape index (κ3) is 6.81. The minimum absolute atomic E-state index is 0. The Labute approximate surface area is 148 Å². The molecule has 1 aromatic carbocycles. The summed E-state index contributed by atoms with van der Waals surface area (Å²) in [5.74, 6) is 0.850. The highest BCUT2D eigenvalue weighted by Gasteiger charge is 2.13. The number of nitrogens with two attached hydrogens (primary N) is 1. The van der Waals surface area contributed by atoms with E-state index in [0.29, 0.717) is 24.3 Å². The maximum Gasteiger partial charge on any atom is 0.188 e. The van der Waals surface area contributed by atoms with Gasteiger partial charge in [-0.1, -0.05) is 19.3 Å². The van der Waals surface area contributed by atoms with E-state index in [1.165, 1.54) is 31.4 Å². The van der Waals surface area contributed by atoms with Crippen LogP contribution in [0.15, 0.2) is 29.3 Å². The molecule has 22 heavy (non-hydrogen) atoms. The maximum absolute atomic E-state index is 12.8. The van der Waals surface area contributed by atoms with Crippen molar-refractivity contribution in [3.8, 4) is 5.75 Å². The first-order valence-corrected chi connectivity index (χ1v) is 7.62. The number of ether oxygens (including phenoxy) is 1. The molecule has 124 valence electrons. The smallest absolute Gasteiger partial charge is 0.188 e. The first-order chi connectivity index (χ1) is 10.1. The van der Waals surface area contributed by atoms with Crippen LogP contribution in [0.25, 0.3) is 0 Å². The van der Waals surface area contributed by atoms with E-state index in [2.05, 4.69) is 10.3 Å². The van der Waals surface area contributed by atoms with Crippen molar-refractivity contribution in [2.45, 2.75) is 51.2 Å². The van der Waals surface area contributed by atoms with Crippen molar-refractivity contribution in [1.82, 2.24) is 5.32 Å². The van der Waals surface area contributed by atoms with Crippen molar-refractivity contribution in [2.24, 2.45) is 10.7 Å². The highest BCUT2D eigenvalue weighted by Crippen LogP contribution is 2.17. The van der Waals surface area contributed by atoms with Crippen LogP contribution in [0.3, 0.4) is 0 Å². The fourth-order valence-corrected chi connectivity index (χ4v) is 2.51. The lowest BCUT2D eigenvalue weighted by atomic mass is 9.96. The highest BCUT2D eigenvalue weighted by atomic mass is 127. The molecule has 2 rings (SSSR count). The average molecular weight is 421 g/mol. The quantitative estimate of drug-likeness (QED) is 0.435. The number of nitrogens with zero attached hydrogens (tertiary/aromatic N) is 1. The summed E-state index contributed by atoms with van der Waals surface area (Å²) in [5, 5.41) is 3.27. The standard InChI is InChI=1S/C16H24FN3O.HI/c1-12(21-15-9-7-13(17)8-10-15)11-19-16(18)20-14-5-3-2-4-6-14;/h7-10,12,14H,2-6,11H2,1H3,(H3,18,19,20);1H. The molecule has 4 nitrogen and oxygen atoms in total. The summed E-state index contributed by atoms with van der Waals surface area (Å²) in [6, 6.07) is 6.43. The van der Waals surface area contributed by atoms with E-state index in [1.54, 1.807) is 12.1 Å². The summed E-state index contributed by atoms with van der Waals surface area (Å²) in [7, 11) is 0. The van der Waals surface area contributed by atoms with Gasteiger partial charge in [0.25, 0.3) is 0 Å². The molecule has 0 saturated heterocycles. The fourth-order valence-electron chi connectivity index (χ4n) is 2.51. The van der Waals surface area contributed by atoms with Crippen LogP contribution in [0.5, 0.6) is 5.75 Å².